The van der Waals surface area contributed by atoms with Crippen LogP contribution in [0.25, 0.3) is 0 Å². The van der Waals surface area contributed by atoms with E-state index in [0.717, 1.165) is 24.8 Å². The maximum Gasteiger partial charge on any atom is 0.335 e. The lowest BCUT2D eigenvalue weighted by Crippen LogP contribution is -2.23. The molecule has 4 heteroatoms. The maximum atomic E-state index is 11.5. The van der Waals surface area contributed by atoms with E-state index in [0.29, 0.717) is 12.0 Å². The monoisotopic (exact) mass is 278 g/mol. The van der Waals surface area contributed by atoms with Crippen LogP contribution < -0.4 is 0 Å². The largest absolute Gasteiger partial charge is 0.478 e. The molecule has 0 fully saturated rings. The lowest BCUT2D eigenvalue weighted by Gasteiger charge is -2.19. The Morgan fingerprint density at radius 3 is 2.20 bits per heavy atom. The van der Waals surface area contributed by atoms with E-state index in [2.05, 4.69) is 0 Å². The molecule has 0 atom stereocenters. The van der Waals surface area contributed by atoms with Crippen molar-refractivity contribution in [3.05, 3.63) is 35.4 Å². The third kappa shape index (κ3) is 6.36. The van der Waals surface area contributed by atoms with Crippen LogP contribution in [0, 0.1) is 0 Å². The first-order chi connectivity index (χ1) is 9.28. The first-order valence-electron chi connectivity index (χ1n) is 6.82. The van der Waals surface area contributed by atoms with Gasteiger partial charge in [-0.15, -0.1) is 0 Å². The summed E-state index contributed by atoms with van der Waals surface area (Å²) in [5.41, 5.74) is 0.950. The lowest BCUT2D eigenvalue weighted by molar-refractivity contribution is -0.154. The second-order valence-electron chi connectivity index (χ2n) is 5.80. The topological polar surface area (TPSA) is 63.6 Å². The molecule has 110 valence electrons. The molecule has 0 aliphatic heterocycles. The fourth-order valence-corrected chi connectivity index (χ4v) is 1.80. The van der Waals surface area contributed by atoms with Gasteiger partial charge in [0.2, 0.25) is 0 Å². The smallest absolute Gasteiger partial charge is 0.335 e. The minimum atomic E-state index is -0.915. The van der Waals surface area contributed by atoms with Crippen LogP contribution in [0.4, 0.5) is 0 Å². The molecular weight excluding hydrogens is 256 g/mol. The summed E-state index contributed by atoms with van der Waals surface area (Å²) in [4.78, 5) is 22.2. The molecule has 20 heavy (non-hydrogen) atoms. The highest BCUT2D eigenvalue weighted by Gasteiger charge is 2.15. The Morgan fingerprint density at radius 1 is 1.10 bits per heavy atom. The van der Waals surface area contributed by atoms with Crippen molar-refractivity contribution in [1.82, 2.24) is 0 Å². The van der Waals surface area contributed by atoms with Crippen LogP contribution in [0.5, 0.6) is 0 Å². The van der Waals surface area contributed by atoms with Crippen molar-refractivity contribution in [1.29, 1.82) is 0 Å². The van der Waals surface area contributed by atoms with Crippen molar-refractivity contribution in [2.24, 2.45) is 0 Å². The third-order valence-corrected chi connectivity index (χ3v) is 2.72. The Bertz CT molecular complexity index is 454. The Labute approximate surface area is 119 Å². The molecule has 0 saturated carbocycles. The van der Waals surface area contributed by atoms with Gasteiger partial charge in [-0.3, -0.25) is 4.79 Å². The Balaban J connectivity index is 2.27. The number of hydrogen-bond acceptors (Lipinski definition) is 3. The normalized spacial score (nSPS) is 11.2. The molecule has 1 N–H and O–H groups in total. The van der Waals surface area contributed by atoms with E-state index in [4.69, 9.17) is 9.84 Å². The number of carbonyl (C=O) groups excluding carboxylic acids is 1. The molecule has 4 nitrogen and oxygen atoms in total. The molecule has 0 bridgehead atoms. The number of carboxylic acids is 1. The van der Waals surface area contributed by atoms with Crippen molar-refractivity contribution in [3.63, 3.8) is 0 Å². The van der Waals surface area contributed by atoms with Crippen LogP contribution in [0.15, 0.2) is 24.3 Å². The molecule has 0 heterocycles. The SMILES string of the molecule is CC(C)(C)OC(=O)CCCCc1ccc(C(=O)O)cc1. The zero-order valence-electron chi connectivity index (χ0n) is 12.3. The molecule has 0 unspecified atom stereocenters. The number of ether oxygens (including phenoxy) is 1. The van der Waals surface area contributed by atoms with Crippen molar-refractivity contribution >= 4 is 11.9 Å². The van der Waals surface area contributed by atoms with Crippen LogP contribution in [0.2, 0.25) is 0 Å². The van der Waals surface area contributed by atoms with Crippen molar-refractivity contribution in [2.75, 3.05) is 0 Å². The standard InChI is InChI=1S/C16H22O4/c1-16(2,3)20-14(17)7-5-4-6-12-8-10-13(11-9-12)15(18)19/h8-11H,4-7H2,1-3H3,(H,18,19). The van der Waals surface area contributed by atoms with Gasteiger partial charge in [0.25, 0.3) is 0 Å². The number of aromatic carboxylic acids is 1. The highest BCUT2D eigenvalue weighted by Crippen LogP contribution is 2.12. The fourth-order valence-electron chi connectivity index (χ4n) is 1.80. The van der Waals surface area contributed by atoms with Gasteiger partial charge in [-0.1, -0.05) is 12.1 Å². The van der Waals surface area contributed by atoms with Crippen LogP contribution >= 0.6 is 0 Å². The summed E-state index contributed by atoms with van der Waals surface area (Å²) < 4.78 is 5.23. The summed E-state index contributed by atoms with van der Waals surface area (Å²) in [7, 11) is 0. The summed E-state index contributed by atoms with van der Waals surface area (Å²) in [6.45, 7) is 5.57. The fraction of sp³-hybridized carbons (Fsp3) is 0.500. The van der Waals surface area contributed by atoms with Gasteiger partial charge in [0.15, 0.2) is 0 Å². The minimum Gasteiger partial charge on any atom is -0.478 e. The molecule has 0 radical (unpaired) electrons. The van der Waals surface area contributed by atoms with Gasteiger partial charge < -0.3 is 9.84 Å². The molecule has 0 spiro atoms. The van der Waals surface area contributed by atoms with Crippen LogP contribution in [-0.2, 0) is 16.0 Å². The van der Waals surface area contributed by atoms with Crippen molar-refractivity contribution in [2.45, 2.75) is 52.1 Å². The van der Waals surface area contributed by atoms with Gasteiger partial charge in [0, 0.05) is 6.42 Å². The van der Waals surface area contributed by atoms with Crippen LogP contribution in [0.1, 0.15) is 56.0 Å². The van der Waals surface area contributed by atoms with Crippen molar-refractivity contribution < 1.29 is 19.4 Å². The number of carboxylic acid groups (broad SMARTS) is 1. The Kier molecular flexibility index (Phi) is 5.74. The second kappa shape index (κ2) is 7.08. The molecule has 0 aliphatic rings. The lowest BCUT2D eigenvalue weighted by atomic mass is 10.1. The molecule has 0 aromatic heterocycles. The molecule has 0 saturated heterocycles. The predicted molar refractivity (Wildman–Crippen MR) is 76.8 cm³/mol. The Hall–Kier alpha value is -1.84. The summed E-state index contributed by atoms with van der Waals surface area (Å²) in [5, 5.41) is 8.79. The molecular formula is C16H22O4. The summed E-state index contributed by atoms with van der Waals surface area (Å²) >= 11 is 0. The van der Waals surface area contributed by atoms with Crippen LogP contribution in [0.3, 0.4) is 0 Å². The number of unbranched alkanes of at least 4 members (excludes halogenated alkanes) is 1. The third-order valence-electron chi connectivity index (χ3n) is 2.72. The van der Waals surface area contributed by atoms with Gasteiger partial charge >= 0.3 is 11.9 Å². The summed E-state index contributed by atoms with van der Waals surface area (Å²) in [6, 6.07) is 6.84. The summed E-state index contributed by atoms with van der Waals surface area (Å²) in [5.74, 6) is -1.08. The van der Waals surface area contributed by atoms with Gasteiger partial charge in [-0.25, -0.2) is 4.79 Å². The summed E-state index contributed by atoms with van der Waals surface area (Å²) in [6.07, 6.45) is 2.91. The zero-order chi connectivity index (χ0) is 15.2. The zero-order valence-corrected chi connectivity index (χ0v) is 12.3. The first kappa shape index (κ1) is 16.2. The molecule has 1 aromatic carbocycles. The second-order valence-corrected chi connectivity index (χ2v) is 5.80. The van der Waals surface area contributed by atoms with Gasteiger partial charge in [-0.2, -0.15) is 0 Å². The van der Waals surface area contributed by atoms with Crippen LogP contribution in [-0.4, -0.2) is 22.6 Å². The van der Waals surface area contributed by atoms with E-state index < -0.39 is 11.6 Å². The number of esters is 1. The average Bonchev–Trinajstić information content (AvgIpc) is 2.33. The van der Waals surface area contributed by atoms with E-state index in [1.165, 1.54) is 0 Å². The highest BCUT2D eigenvalue weighted by molar-refractivity contribution is 5.87. The van der Waals surface area contributed by atoms with Gasteiger partial charge in [-0.05, 0) is 57.7 Å². The number of rotatable bonds is 6. The minimum absolute atomic E-state index is 0.168. The first-order valence-corrected chi connectivity index (χ1v) is 6.82. The van der Waals surface area contributed by atoms with Gasteiger partial charge in [0.1, 0.15) is 5.60 Å². The van der Waals surface area contributed by atoms with E-state index in [1.807, 2.05) is 32.9 Å². The molecule has 0 amide bonds. The molecule has 1 rings (SSSR count). The number of benzene rings is 1. The van der Waals surface area contributed by atoms with E-state index in [-0.39, 0.29) is 5.97 Å². The number of carbonyl (C=O) groups is 2. The predicted octanol–water partition coefficient (Wildman–Crippen LogP) is 3.44. The molecule has 1 aromatic rings. The highest BCUT2D eigenvalue weighted by atomic mass is 16.6. The average molecular weight is 278 g/mol. The number of aryl methyl sites for hydroxylation is 1. The molecule has 0 aliphatic carbocycles. The maximum absolute atomic E-state index is 11.5. The Morgan fingerprint density at radius 2 is 1.70 bits per heavy atom. The quantitative estimate of drug-likeness (QED) is 0.639. The van der Waals surface area contributed by atoms with E-state index in [1.54, 1.807) is 12.1 Å². The van der Waals surface area contributed by atoms with Gasteiger partial charge in [0.05, 0.1) is 5.56 Å². The van der Waals surface area contributed by atoms with E-state index >= 15 is 0 Å². The van der Waals surface area contributed by atoms with Crippen molar-refractivity contribution in [3.8, 4) is 0 Å². The number of hydrogen-bond donors (Lipinski definition) is 1. The van der Waals surface area contributed by atoms with E-state index in [9.17, 15) is 9.59 Å².